The third-order valence-corrected chi connectivity index (χ3v) is 4.88. The van der Waals surface area contributed by atoms with E-state index < -0.39 is 0 Å². The van der Waals surface area contributed by atoms with Gasteiger partial charge >= 0.3 is 0 Å². The molecule has 3 heterocycles. The van der Waals surface area contributed by atoms with E-state index in [4.69, 9.17) is 13.9 Å². The van der Waals surface area contributed by atoms with E-state index >= 15 is 0 Å². The Kier molecular flexibility index (Phi) is 6.12. The zero-order valence-electron chi connectivity index (χ0n) is 16.9. The number of carbonyl (C=O) groups is 1. The van der Waals surface area contributed by atoms with Crippen LogP contribution >= 0.6 is 0 Å². The molecule has 1 aromatic carbocycles. The number of furan rings is 1. The smallest absolute Gasteiger partial charge is 0.260 e. The first kappa shape index (κ1) is 19.8. The molecule has 0 bridgehead atoms. The van der Waals surface area contributed by atoms with Gasteiger partial charge in [0.1, 0.15) is 5.69 Å². The molecule has 0 N–H and O–H groups in total. The minimum atomic E-state index is -0.0415. The number of hydrogen-bond acceptors (Lipinski definition) is 7. The van der Waals surface area contributed by atoms with E-state index in [1.165, 1.54) is 0 Å². The van der Waals surface area contributed by atoms with Crippen LogP contribution in [0.15, 0.2) is 59.2 Å². The zero-order chi connectivity index (χ0) is 20.8. The summed E-state index contributed by atoms with van der Waals surface area (Å²) in [6.45, 7) is 5.04. The molecule has 156 valence electrons. The van der Waals surface area contributed by atoms with Crippen molar-refractivity contribution in [2.75, 3.05) is 44.3 Å². The number of nitrogens with zero attached hydrogens (tertiary/aromatic N) is 4. The van der Waals surface area contributed by atoms with Gasteiger partial charge in [-0.05, 0) is 43.3 Å². The van der Waals surface area contributed by atoms with Crippen LogP contribution in [0.1, 0.15) is 6.92 Å². The highest BCUT2D eigenvalue weighted by Crippen LogP contribution is 2.26. The van der Waals surface area contributed by atoms with Crippen LogP contribution < -0.4 is 14.4 Å². The molecule has 0 radical (unpaired) electrons. The number of para-hydroxylation sites is 2. The van der Waals surface area contributed by atoms with Gasteiger partial charge in [-0.15, -0.1) is 10.2 Å². The van der Waals surface area contributed by atoms with E-state index in [0.29, 0.717) is 55.7 Å². The third kappa shape index (κ3) is 4.53. The van der Waals surface area contributed by atoms with E-state index in [0.717, 1.165) is 5.82 Å². The van der Waals surface area contributed by atoms with Crippen molar-refractivity contribution in [1.82, 2.24) is 15.1 Å². The quantitative estimate of drug-likeness (QED) is 0.595. The lowest BCUT2D eigenvalue weighted by atomic mass is 10.2. The van der Waals surface area contributed by atoms with Crippen LogP contribution in [-0.4, -0.2) is 60.4 Å². The molecule has 0 unspecified atom stereocenters. The average Bonchev–Trinajstić information content (AvgIpc) is 3.34. The lowest BCUT2D eigenvalue weighted by Gasteiger charge is -2.35. The molecule has 8 heteroatoms. The van der Waals surface area contributed by atoms with Crippen molar-refractivity contribution in [3.63, 3.8) is 0 Å². The van der Waals surface area contributed by atoms with Gasteiger partial charge < -0.3 is 23.7 Å². The second-order valence-electron chi connectivity index (χ2n) is 6.79. The van der Waals surface area contributed by atoms with Gasteiger partial charge in [0, 0.05) is 26.2 Å². The first-order chi connectivity index (χ1) is 14.7. The molecule has 1 aliphatic heterocycles. The maximum atomic E-state index is 12.6. The number of benzene rings is 1. The van der Waals surface area contributed by atoms with Crippen molar-refractivity contribution >= 4 is 11.7 Å². The molecule has 8 nitrogen and oxygen atoms in total. The van der Waals surface area contributed by atoms with Crippen molar-refractivity contribution in [1.29, 1.82) is 0 Å². The minimum absolute atomic E-state index is 0.0122. The average molecular weight is 408 g/mol. The van der Waals surface area contributed by atoms with Crippen LogP contribution in [-0.2, 0) is 4.79 Å². The molecule has 3 aromatic rings. The van der Waals surface area contributed by atoms with E-state index in [9.17, 15) is 4.79 Å². The predicted octanol–water partition coefficient (Wildman–Crippen LogP) is 2.86. The number of rotatable bonds is 7. The molecule has 0 spiro atoms. The van der Waals surface area contributed by atoms with Gasteiger partial charge in [-0.1, -0.05) is 12.1 Å². The molecule has 0 saturated carbocycles. The van der Waals surface area contributed by atoms with Gasteiger partial charge in [-0.3, -0.25) is 4.79 Å². The summed E-state index contributed by atoms with van der Waals surface area (Å²) in [7, 11) is 0. The van der Waals surface area contributed by atoms with E-state index in [2.05, 4.69) is 15.1 Å². The van der Waals surface area contributed by atoms with Crippen LogP contribution in [0, 0.1) is 0 Å². The Balaban J connectivity index is 1.28. The number of carbonyl (C=O) groups excluding carboxylic acids is 1. The lowest BCUT2D eigenvalue weighted by molar-refractivity contribution is -0.133. The van der Waals surface area contributed by atoms with E-state index in [1.807, 2.05) is 54.3 Å². The second kappa shape index (κ2) is 9.30. The molecule has 0 atom stereocenters. The topological polar surface area (TPSA) is 80.9 Å². The Bertz CT molecular complexity index is 952. The summed E-state index contributed by atoms with van der Waals surface area (Å²) in [6.07, 6.45) is 1.61. The van der Waals surface area contributed by atoms with Crippen molar-refractivity contribution in [2.24, 2.45) is 0 Å². The monoisotopic (exact) mass is 408 g/mol. The lowest BCUT2D eigenvalue weighted by Crippen LogP contribution is -2.50. The second-order valence-corrected chi connectivity index (χ2v) is 6.79. The van der Waals surface area contributed by atoms with Gasteiger partial charge in [0.25, 0.3) is 5.91 Å². The minimum Gasteiger partial charge on any atom is -0.490 e. The largest absolute Gasteiger partial charge is 0.490 e. The van der Waals surface area contributed by atoms with Crippen LogP contribution in [0.2, 0.25) is 0 Å². The number of anilines is 1. The maximum absolute atomic E-state index is 12.6. The summed E-state index contributed by atoms with van der Waals surface area (Å²) in [5.41, 5.74) is 0.696. The third-order valence-electron chi connectivity index (χ3n) is 4.88. The van der Waals surface area contributed by atoms with Crippen LogP contribution in [0.3, 0.4) is 0 Å². The van der Waals surface area contributed by atoms with Crippen LogP contribution in [0.4, 0.5) is 5.82 Å². The fourth-order valence-electron chi connectivity index (χ4n) is 3.31. The Labute approximate surface area is 175 Å². The Morgan fingerprint density at radius 3 is 2.37 bits per heavy atom. The van der Waals surface area contributed by atoms with Crippen molar-refractivity contribution in [2.45, 2.75) is 6.92 Å². The Morgan fingerprint density at radius 2 is 1.73 bits per heavy atom. The van der Waals surface area contributed by atoms with Crippen LogP contribution in [0.25, 0.3) is 11.5 Å². The highest BCUT2D eigenvalue weighted by atomic mass is 16.5. The number of aromatic nitrogens is 2. The van der Waals surface area contributed by atoms with E-state index in [1.54, 1.807) is 12.3 Å². The fraction of sp³-hybridized carbons (Fsp3) is 0.318. The SMILES string of the molecule is CCOc1ccccc1OCC(=O)N1CCN(c2ccc(-c3ccco3)nn2)CC1. The van der Waals surface area contributed by atoms with Gasteiger partial charge in [0.05, 0.1) is 12.9 Å². The summed E-state index contributed by atoms with van der Waals surface area (Å²) in [5.74, 6) is 2.67. The Morgan fingerprint density at radius 1 is 0.967 bits per heavy atom. The number of hydrogen-bond donors (Lipinski definition) is 0. The first-order valence-corrected chi connectivity index (χ1v) is 9.99. The maximum Gasteiger partial charge on any atom is 0.260 e. The number of piperazine rings is 1. The summed E-state index contributed by atoms with van der Waals surface area (Å²) >= 11 is 0. The van der Waals surface area contributed by atoms with Gasteiger partial charge in [-0.25, -0.2) is 0 Å². The van der Waals surface area contributed by atoms with Gasteiger partial charge in [-0.2, -0.15) is 0 Å². The molecular weight excluding hydrogens is 384 g/mol. The Hall–Kier alpha value is -3.55. The van der Waals surface area contributed by atoms with Crippen molar-refractivity contribution in [3.05, 3.63) is 54.8 Å². The molecular formula is C22H24N4O4. The highest BCUT2D eigenvalue weighted by molar-refractivity contribution is 5.78. The summed E-state index contributed by atoms with van der Waals surface area (Å²) in [5, 5.41) is 8.54. The number of ether oxygens (including phenoxy) is 2. The van der Waals surface area contributed by atoms with Gasteiger partial charge in [0.15, 0.2) is 29.7 Å². The van der Waals surface area contributed by atoms with Crippen molar-refractivity contribution in [3.8, 4) is 23.0 Å². The molecule has 4 rings (SSSR count). The highest BCUT2D eigenvalue weighted by Gasteiger charge is 2.23. The first-order valence-electron chi connectivity index (χ1n) is 9.99. The molecule has 30 heavy (non-hydrogen) atoms. The predicted molar refractivity (Wildman–Crippen MR) is 112 cm³/mol. The van der Waals surface area contributed by atoms with Crippen LogP contribution in [0.5, 0.6) is 11.5 Å². The molecule has 2 aromatic heterocycles. The standard InChI is InChI=1S/C22H24N4O4/c1-2-28-19-6-3-4-7-20(19)30-16-22(27)26-13-11-25(12-14-26)21-10-9-17(23-24-21)18-8-5-15-29-18/h3-10,15H,2,11-14,16H2,1H3. The molecule has 1 saturated heterocycles. The molecule has 1 aliphatic rings. The summed E-state index contributed by atoms with van der Waals surface area (Å²) < 4.78 is 16.6. The molecule has 1 amide bonds. The van der Waals surface area contributed by atoms with Crippen molar-refractivity contribution < 1.29 is 18.7 Å². The number of amides is 1. The normalized spacial score (nSPS) is 13.9. The summed E-state index contributed by atoms with van der Waals surface area (Å²) in [6, 6.07) is 14.9. The van der Waals surface area contributed by atoms with Gasteiger partial charge in [0.2, 0.25) is 0 Å². The zero-order valence-corrected chi connectivity index (χ0v) is 16.9. The fourth-order valence-corrected chi connectivity index (χ4v) is 3.31. The molecule has 0 aliphatic carbocycles. The summed E-state index contributed by atoms with van der Waals surface area (Å²) in [4.78, 5) is 16.5. The molecule has 1 fully saturated rings. The van der Waals surface area contributed by atoms with E-state index in [-0.39, 0.29) is 12.5 Å².